The van der Waals surface area contributed by atoms with E-state index in [0.717, 1.165) is 57.8 Å². The molecule has 0 spiro atoms. The second-order valence-electron chi connectivity index (χ2n) is 15.9. The summed E-state index contributed by atoms with van der Waals surface area (Å²) in [6, 6.07) is 3.81. The molecule has 12 nitrogen and oxygen atoms in total. The minimum absolute atomic E-state index is 0.0384. The van der Waals surface area contributed by atoms with E-state index in [0.29, 0.717) is 18.7 Å². The van der Waals surface area contributed by atoms with E-state index < -0.39 is 50.6 Å². The van der Waals surface area contributed by atoms with Gasteiger partial charge < -0.3 is 14.4 Å². The summed E-state index contributed by atoms with van der Waals surface area (Å²) < 4.78 is 41.7. The van der Waals surface area contributed by atoms with Crippen LogP contribution in [0, 0.1) is 29.1 Å². The molecule has 5 fully saturated rings. The Morgan fingerprint density at radius 3 is 2.46 bits per heavy atom. The fourth-order valence-corrected chi connectivity index (χ4v) is 10.6. The van der Waals surface area contributed by atoms with Crippen LogP contribution in [0.3, 0.4) is 0 Å². The zero-order valence-electron chi connectivity index (χ0n) is 29.8. The highest BCUT2D eigenvalue weighted by Gasteiger charge is 2.61. The van der Waals surface area contributed by atoms with Crippen molar-refractivity contribution in [3.05, 3.63) is 53.4 Å². The lowest BCUT2D eigenvalue weighted by molar-refractivity contribution is -0.156. The molecule has 282 valence electrons. The van der Waals surface area contributed by atoms with Crippen molar-refractivity contribution in [3.63, 3.8) is 0 Å². The zero-order chi connectivity index (χ0) is 36.6. The van der Waals surface area contributed by atoms with Gasteiger partial charge in [-0.3, -0.25) is 33.3 Å². The number of esters is 1. The molecular weight excluding hydrogens is 687 g/mol. The van der Waals surface area contributed by atoms with Crippen molar-refractivity contribution in [2.75, 3.05) is 6.54 Å². The average molecular weight is 738 g/mol. The van der Waals surface area contributed by atoms with Crippen molar-refractivity contribution >= 4 is 33.6 Å². The number of amides is 2. The van der Waals surface area contributed by atoms with E-state index >= 15 is 0 Å². The van der Waals surface area contributed by atoms with Crippen molar-refractivity contribution < 1.29 is 37.1 Å². The van der Waals surface area contributed by atoms with Crippen molar-refractivity contribution in [1.82, 2.24) is 14.2 Å². The van der Waals surface area contributed by atoms with Crippen LogP contribution < -0.4 is 15.0 Å². The quantitative estimate of drug-likeness (QED) is 0.305. The van der Waals surface area contributed by atoms with E-state index in [4.69, 9.17) is 9.47 Å². The van der Waals surface area contributed by atoms with E-state index in [1.807, 2.05) is 12.2 Å². The van der Waals surface area contributed by atoms with Crippen LogP contribution >= 0.6 is 0 Å². The third-order valence-electron chi connectivity index (χ3n) is 12.5. The normalized spacial score (nSPS) is 33.5. The number of allylic oxidation sites excluding steroid dienone is 3. The van der Waals surface area contributed by atoms with Crippen LogP contribution in [0.4, 0.5) is 0 Å². The Morgan fingerprint density at radius 2 is 1.73 bits per heavy atom. The first-order chi connectivity index (χ1) is 25.0. The lowest BCUT2D eigenvalue weighted by Crippen LogP contribution is -2.47. The van der Waals surface area contributed by atoms with E-state index in [2.05, 4.69) is 11.3 Å². The Hall–Kier alpha value is -3.74. The molecule has 1 aromatic rings. The van der Waals surface area contributed by atoms with Gasteiger partial charge in [-0.1, -0.05) is 37.1 Å². The number of fused-ring (bicyclic) bond motifs is 4. The minimum atomic E-state index is -3.84. The van der Waals surface area contributed by atoms with E-state index in [9.17, 15) is 32.4 Å². The molecule has 1 aromatic heterocycles. The highest BCUT2D eigenvalue weighted by molar-refractivity contribution is 7.90. The largest absolute Gasteiger partial charge is 0.473 e. The van der Waals surface area contributed by atoms with Gasteiger partial charge in [-0.2, -0.15) is 0 Å². The first-order valence-corrected chi connectivity index (χ1v) is 20.8. The molecule has 4 saturated carbocycles. The Morgan fingerprint density at radius 1 is 0.962 bits per heavy atom. The van der Waals surface area contributed by atoms with Gasteiger partial charge in [-0.25, -0.2) is 8.42 Å². The maximum atomic E-state index is 14.7. The van der Waals surface area contributed by atoms with Crippen LogP contribution in [0.1, 0.15) is 96.3 Å². The van der Waals surface area contributed by atoms with Gasteiger partial charge in [-0.15, -0.1) is 6.58 Å². The molecule has 0 radical (unpaired) electrons. The molecule has 2 amide bonds. The van der Waals surface area contributed by atoms with Gasteiger partial charge in [0.2, 0.25) is 21.8 Å². The molecule has 4 aliphatic carbocycles. The van der Waals surface area contributed by atoms with Crippen molar-refractivity contribution in [2.24, 2.45) is 29.1 Å². The van der Waals surface area contributed by atoms with Crippen molar-refractivity contribution in [3.8, 4) is 5.88 Å². The van der Waals surface area contributed by atoms with Crippen molar-refractivity contribution in [1.29, 1.82) is 0 Å². The predicted molar refractivity (Wildman–Crippen MR) is 191 cm³/mol. The lowest BCUT2D eigenvalue weighted by Gasteiger charge is -2.31. The Balaban J connectivity index is 1.20. The van der Waals surface area contributed by atoms with Crippen LogP contribution in [-0.4, -0.2) is 71.5 Å². The number of hydrogen-bond acceptors (Lipinski definition) is 9. The molecule has 2 aliphatic heterocycles. The minimum Gasteiger partial charge on any atom is -0.473 e. The monoisotopic (exact) mass is 737 g/mol. The third kappa shape index (κ3) is 7.66. The molecular formula is C39H51N3O9S. The van der Waals surface area contributed by atoms with Crippen molar-refractivity contribution in [2.45, 2.75) is 126 Å². The summed E-state index contributed by atoms with van der Waals surface area (Å²) in [7, 11) is -3.84. The molecule has 0 aromatic carbocycles. The number of Topliss-reactive ketones (excluding diaryl/α,β-unsaturated/α-hetero) is 1. The molecule has 13 heteroatoms. The molecule has 7 atom stereocenters. The Bertz CT molecular complexity index is 1780. The second kappa shape index (κ2) is 14.9. The number of rotatable bonds is 8. The third-order valence-corrected chi connectivity index (χ3v) is 14.3. The number of carbonyl (C=O) groups excluding carboxylic acids is 4. The summed E-state index contributed by atoms with van der Waals surface area (Å²) in [5.74, 6) is -2.34. The number of ketones is 1. The number of aromatic nitrogens is 1. The summed E-state index contributed by atoms with van der Waals surface area (Å²) in [5, 5.41) is -0.603. The number of sulfonamides is 1. The molecule has 3 heterocycles. The maximum Gasteiger partial charge on any atom is 0.306 e. The van der Waals surface area contributed by atoms with Crippen LogP contribution in [0.2, 0.25) is 0 Å². The van der Waals surface area contributed by atoms with Gasteiger partial charge in [0.1, 0.15) is 12.2 Å². The molecule has 6 aliphatic rings. The molecule has 1 N–H and O–H groups in total. The molecule has 0 unspecified atom stereocenters. The molecule has 2 bridgehead atoms. The average Bonchev–Trinajstić information content (AvgIpc) is 3.90. The van der Waals surface area contributed by atoms with Gasteiger partial charge in [0.25, 0.3) is 5.56 Å². The lowest BCUT2D eigenvalue weighted by atomic mass is 9.86. The smallest absolute Gasteiger partial charge is 0.306 e. The SMILES string of the molecule is C=C[C@@H]1C[C@]1(CC(=O)[C@@H]1C[C@@H]2CN1C(=O)[C@H](C1CCCC1)CC(=O)O[C@@H]1CCC[C@H]1CC/C=C/Cn1c(cccc1=O)O2)C(=O)NS(=O)(=O)C1CC1. The summed E-state index contributed by atoms with van der Waals surface area (Å²) in [6.07, 6.45) is 13.6. The molecule has 52 heavy (non-hydrogen) atoms. The fraction of sp³-hybridized carbons (Fsp3) is 0.667. The first-order valence-electron chi connectivity index (χ1n) is 19.2. The number of carbonyl (C=O) groups is 4. The van der Waals surface area contributed by atoms with E-state index in [1.54, 1.807) is 18.2 Å². The summed E-state index contributed by atoms with van der Waals surface area (Å²) >= 11 is 0. The Kier molecular flexibility index (Phi) is 10.5. The predicted octanol–water partition coefficient (Wildman–Crippen LogP) is 4.21. The van der Waals surface area contributed by atoms with Gasteiger partial charge in [0.05, 0.1) is 35.6 Å². The van der Waals surface area contributed by atoms with Gasteiger partial charge in [0.15, 0.2) is 11.7 Å². The molecule has 7 rings (SSSR count). The van der Waals surface area contributed by atoms with Crippen LogP contribution in [-0.2, 0) is 40.5 Å². The number of pyridine rings is 1. The van der Waals surface area contributed by atoms with Gasteiger partial charge >= 0.3 is 5.97 Å². The van der Waals surface area contributed by atoms with Crippen LogP contribution in [0.15, 0.2) is 47.8 Å². The highest BCUT2D eigenvalue weighted by atomic mass is 32.2. The van der Waals surface area contributed by atoms with Crippen LogP contribution in [0.25, 0.3) is 0 Å². The number of hydrogen-bond donors (Lipinski definition) is 1. The second-order valence-corrected chi connectivity index (χ2v) is 17.9. The van der Waals surface area contributed by atoms with Gasteiger partial charge in [-0.05, 0) is 88.0 Å². The van der Waals surface area contributed by atoms with E-state index in [-0.39, 0.29) is 79.9 Å². The Labute approximate surface area is 305 Å². The van der Waals surface area contributed by atoms with Gasteiger partial charge in [0, 0.05) is 25.5 Å². The number of nitrogens with one attached hydrogen (secondary N) is 1. The number of ether oxygens (including phenoxy) is 2. The fourth-order valence-electron chi connectivity index (χ4n) is 9.22. The maximum absolute atomic E-state index is 14.7. The summed E-state index contributed by atoms with van der Waals surface area (Å²) in [6.45, 7) is 4.16. The number of nitrogens with zero attached hydrogens (tertiary/aromatic N) is 2. The zero-order valence-corrected chi connectivity index (χ0v) is 30.6. The van der Waals surface area contributed by atoms with E-state index in [1.165, 1.54) is 15.5 Å². The highest BCUT2D eigenvalue weighted by Crippen LogP contribution is 2.57. The summed E-state index contributed by atoms with van der Waals surface area (Å²) in [4.78, 5) is 70.9. The molecule has 1 saturated heterocycles. The summed E-state index contributed by atoms with van der Waals surface area (Å²) in [5.41, 5.74) is -1.52. The standard InChI is InChI=1S/C39H51N3O9S/c1-2-27-22-39(27,38(47)40-52(48,49)29-17-18-29)23-32(43)31-20-28-24-42(31)37(46)30(25-10-5-6-11-25)21-36(45)51-33-14-8-13-26(33)12-4-3-7-19-41-34(44)15-9-16-35(41)50-28/h2-3,7,9,15-16,25-31,33H,1,4-6,8,10-14,17-24H2,(H,40,47)/b7-3+/t26-,27-,28-,30+,31+,33-,39-/m1/s1. The first kappa shape index (κ1) is 36.6. The van der Waals surface area contributed by atoms with Crippen LogP contribution in [0.5, 0.6) is 5.88 Å². The topological polar surface area (TPSA) is 158 Å².